The molecule has 0 aliphatic carbocycles. The van der Waals surface area contributed by atoms with Crippen LogP contribution in [0.3, 0.4) is 0 Å². The first-order valence-corrected chi connectivity index (χ1v) is 6.31. The second-order valence-electron chi connectivity index (χ2n) is 7.74. The molecule has 0 N–H and O–H groups in total. The summed E-state index contributed by atoms with van der Waals surface area (Å²) in [6.07, 6.45) is 1.24. The van der Waals surface area contributed by atoms with Crippen LogP contribution in [0.2, 0.25) is 0 Å². The van der Waals surface area contributed by atoms with E-state index in [2.05, 4.69) is 69.2 Å². The minimum absolute atomic E-state index is 0.319. The number of rotatable bonds is 3. The van der Waals surface area contributed by atoms with E-state index in [0.717, 1.165) is 0 Å². The van der Waals surface area contributed by atoms with Crippen LogP contribution in [0.1, 0.15) is 75.7 Å². The Hall–Kier alpha value is 0. The lowest BCUT2D eigenvalue weighted by Gasteiger charge is -2.58. The molecule has 0 nitrogen and oxygen atoms in total. The van der Waals surface area contributed by atoms with Crippen LogP contribution in [-0.4, -0.2) is 0 Å². The molecule has 0 atom stereocenters. The first-order chi connectivity index (χ1) is 6.31. The molecular weight excluding hydrogens is 180 g/mol. The fourth-order valence-corrected chi connectivity index (χ4v) is 2.23. The van der Waals surface area contributed by atoms with Crippen LogP contribution in [0.25, 0.3) is 0 Å². The summed E-state index contributed by atoms with van der Waals surface area (Å²) in [5.74, 6) is 0. The molecule has 0 aromatic carbocycles. The second-order valence-corrected chi connectivity index (χ2v) is 7.74. The Bertz CT molecular complexity index is 211. The minimum Gasteiger partial charge on any atom is -0.0649 e. The van der Waals surface area contributed by atoms with E-state index in [4.69, 9.17) is 0 Å². The van der Waals surface area contributed by atoms with Gasteiger partial charge in [0.1, 0.15) is 0 Å². The van der Waals surface area contributed by atoms with Crippen LogP contribution in [0.4, 0.5) is 0 Å². The first-order valence-electron chi connectivity index (χ1n) is 6.31. The molecule has 0 amide bonds. The molecule has 0 radical (unpaired) electrons. The Balaban J connectivity index is 5.38. The summed E-state index contributed by atoms with van der Waals surface area (Å²) in [5, 5.41) is 0. The van der Waals surface area contributed by atoms with E-state index in [1.807, 2.05) is 0 Å². The lowest BCUT2D eigenvalue weighted by molar-refractivity contribution is -0.0882. The van der Waals surface area contributed by atoms with Gasteiger partial charge in [-0.3, -0.25) is 0 Å². The number of hydrogen-bond acceptors (Lipinski definition) is 0. The highest BCUT2D eigenvalue weighted by molar-refractivity contribution is 5.00. The molecule has 0 aromatic heterocycles. The Morgan fingerprint density at radius 2 is 0.933 bits per heavy atom. The fraction of sp³-hybridized carbons (Fsp3) is 1.00. The fourth-order valence-electron chi connectivity index (χ4n) is 2.23. The van der Waals surface area contributed by atoms with Crippen molar-refractivity contribution in [3.05, 3.63) is 0 Å². The van der Waals surface area contributed by atoms with E-state index >= 15 is 0 Å². The molecule has 0 saturated carbocycles. The Morgan fingerprint density at radius 1 is 0.600 bits per heavy atom. The first kappa shape index (κ1) is 15.0. The predicted octanol–water partition coefficient (Wildman–Crippen LogP) is 5.52. The largest absolute Gasteiger partial charge is 0.0649 e. The van der Waals surface area contributed by atoms with E-state index in [-0.39, 0.29) is 0 Å². The average molecular weight is 212 g/mol. The summed E-state index contributed by atoms with van der Waals surface area (Å²) >= 11 is 0. The number of hydrogen-bond donors (Lipinski definition) is 0. The quantitative estimate of drug-likeness (QED) is 0.577. The summed E-state index contributed by atoms with van der Waals surface area (Å²) in [6.45, 7) is 23.9. The van der Waals surface area contributed by atoms with Crippen molar-refractivity contribution in [1.82, 2.24) is 0 Å². The lowest BCUT2D eigenvalue weighted by atomic mass is 9.47. The van der Waals surface area contributed by atoms with E-state index in [1.165, 1.54) is 6.42 Å². The third-order valence-corrected chi connectivity index (χ3v) is 6.01. The SMILES string of the molecule is CCC(C)(C)C(C)(C)C(C)(C)C(C)(C)C. The Kier molecular flexibility index (Phi) is 3.79. The van der Waals surface area contributed by atoms with Gasteiger partial charge in [-0.1, -0.05) is 75.7 Å². The highest BCUT2D eigenvalue weighted by Gasteiger charge is 2.51. The average Bonchev–Trinajstić information content (AvgIpc) is 2.01. The zero-order valence-corrected chi connectivity index (χ0v) is 12.7. The topological polar surface area (TPSA) is 0 Å². The van der Waals surface area contributed by atoms with Crippen molar-refractivity contribution in [3.8, 4) is 0 Å². The summed E-state index contributed by atoms with van der Waals surface area (Å²) in [6, 6.07) is 0. The molecule has 0 heterocycles. The van der Waals surface area contributed by atoms with Gasteiger partial charge in [0.25, 0.3) is 0 Å². The second kappa shape index (κ2) is 3.79. The molecule has 0 heteroatoms. The Morgan fingerprint density at radius 3 is 1.13 bits per heavy atom. The van der Waals surface area contributed by atoms with Crippen LogP contribution < -0.4 is 0 Å². The van der Waals surface area contributed by atoms with E-state index in [0.29, 0.717) is 21.7 Å². The van der Waals surface area contributed by atoms with Crippen molar-refractivity contribution in [1.29, 1.82) is 0 Å². The van der Waals surface area contributed by atoms with Crippen LogP contribution in [0, 0.1) is 21.7 Å². The predicted molar refractivity (Wildman–Crippen MR) is 71.1 cm³/mol. The molecule has 92 valence electrons. The Labute approximate surface area is 97.8 Å². The van der Waals surface area contributed by atoms with Gasteiger partial charge in [-0.2, -0.15) is 0 Å². The zero-order valence-electron chi connectivity index (χ0n) is 12.7. The summed E-state index contributed by atoms with van der Waals surface area (Å²) < 4.78 is 0. The molecule has 0 fully saturated rings. The lowest BCUT2D eigenvalue weighted by Crippen LogP contribution is -2.50. The van der Waals surface area contributed by atoms with Gasteiger partial charge >= 0.3 is 0 Å². The molecule has 0 aliphatic heterocycles. The molecule has 0 aromatic rings. The van der Waals surface area contributed by atoms with Gasteiger partial charge < -0.3 is 0 Å². The normalized spacial score (nSPS) is 15.6. The van der Waals surface area contributed by atoms with Gasteiger partial charge in [-0.05, 0) is 21.7 Å². The molecule has 0 unspecified atom stereocenters. The van der Waals surface area contributed by atoms with Crippen LogP contribution in [0.15, 0.2) is 0 Å². The molecule has 0 rings (SSSR count). The highest BCUT2D eigenvalue weighted by atomic mass is 14.6. The van der Waals surface area contributed by atoms with E-state index in [9.17, 15) is 0 Å². The monoisotopic (exact) mass is 212 g/mol. The maximum atomic E-state index is 2.43. The van der Waals surface area contributed by atoms with E-state index < -0.39 is 0 Å². The summed E-state index contributed by atoms with van der Waals surface area (Å²) in [5.41, 5.74) is 1.36. The van der Waals surface area contributed by atoms with Gasteiger partial charge in [0.2, 0.25) is 0 Å². The standard InChI is InChI=1S/C15H32/c1-11-13(5,6)15(9,10)14(7,8)12(2,3)4/h11H2,1-10H3. The van der Waals surface area contributed by atoms with Crippen LogP contribution >= 0.6 is 0 Å². The molecule has 0 aliphatic rings. The molecule has 0 saturated heterocycles. The van der Waals surface area contributed by atoms with Crippen molar-refractivity contribution in [2.45, 2.75) is 75.7 Å². The van der Waals surface area contributed by atoms with Crippen molar-refractivity contribution in [3.63, 3.8) is 0 Å². The summed E-state index contributed by atoms with van der Waals surface area (Å²) in [4.78, 5) is 0. The van der Waals surface area contributed by atoms with Gasteiger partial charge in [-0.25, -0.2) is 0 Å². The minimum atomic E-state index is 0.319. The van der Waals surface area contributed by atoms with Gasteiger partial charge in [-0.15, -0.1) is 0 Å². The van der Waals surface area contributed by atoms with Gasteiger partial charge in [0.15, 0.2) is 0 Å². The third kappa shape index (κ3) is 2.24. The maximum absolute atomic E-state index is 2.43. The summed E-state index contributed by atoms with van der Waals surface area (Å²) in [7, 11) is 0. The molecule has 15 heavy (non-hydrogen) atoms. The van der Waals surface area contributed by atoms with Crippen LogP contribution in [-0.2, 0) is 0 Å². The van der Waals surface area contributed by atoms with Crippen molar-refractivity contribution < 1.29 is 0 Å². The van der Waals surface area contributed by atoms with Crippen LogP contribution in [0.5, 0.6) is 0 Å². The van der Waals surface area contributed by atoms with E-state index in [1.54, 1.807) is 0 Å². The maximum Gasteiger partial charge on any atom is -0.0247 e. The highest BCUT2D eigenvalue weighted by Crippen LogP contribution is 2.59. The van der Waals surface area contributed by atoms with Gasteiger partial charge in [0.05, 0.1) is 0 Å². The van der Waals surface area contributed by atoms with Crippen molar-refractivity contribution >= 4 is 0 Å². The smallest absolute Gasteiger partial charge is 0.0247 e. The van der Waals surface area contributed by atoms with Crippen molar-refractivity contribution in [2.24, 2.45) is 21.7 Å². The molecule has 0 bridgehead atoms. The molecule has 0 spiro atoms. The molecular formula is C15H32. The zero-order chi connectivity index (χ0) is 12.7. The third-order valence-electron chi connectivity index (χ3n) is 6.01. The van der Waals surface area contributed by atoms with Gasteiger partial charge in [0, 0.05) is 0 Å². The van der Waals surface area contributed by atoms with Crippen molar-refractivity contribution in [2.75, 3.05) is 0 Å².